The molecule has 6 nitrogen and oxygen atoms in total. The Balaban J connectivity index is 1.58. The summed E-state index contributed by atoms with van der Waals surface area (Å²) < 4.78 is 30.2. The Labute approximate surface area is 182 Å². The van der Waals surface area contributed by atoms with Gasteiger partial charge in [-0.15, -0.1) is 0 Å². The summed E-state index contributed by atoms with van der Waals surface area (Å²) in [4.78, 5) is 17.1. The predicted molar refractivity (Wildman–Crippen MR) is 119 cm³/mol. The molecule has 1 amide bonds. The van der Waals surface area contributed by atoms with Crippen LogP contribution in [0.3, 0.4) is 0 Å². The third-order valence-corrected chi connectivity index (χ3v) is 6.54. The van der Waals surface area contributed by atoms with Crippen molar-refractivity contribution in [2.75, 3.05) is 11.6 Å². The Hall–Kier alpha value is -2.94. The lowest BCUT2D eigenvalue weighted by Crippen LogP contribution is -2.13. The van der Waals surface area contributed by atoms with E-state index in [9.17, 15) is 13.2 Å². The number of fused-ring (bicyclic) bond motifs is 1. The number of para-hydroxylation sites is 1. The van der Waals surface area contributed by atoms with Crippen molar-refractivity contribution in [1.29, 1.82) is 0 Å². The number of aromatic nitrogens is 1. The highest BCUT2D eigenvalue weighted by atomic mass is 35.5. The van der Waals surface area contributed by atoms with E-state index in [0.29, 0.717) is 16.4 Å². The minimum absolute atomic E-state index is 0.0176. The van der Waals surface area contributed by atoms with Crippen LogP contribution in [0.1, 0.15) is 10.4 Å². The van der Waals surface area contributed by atoms with E-state index in [-0.39, 0.29) is 15.5 Å². The van der Waals surface area contributed by atoms with Crippen molar-refractivity contribution in [2.24, 2.45) is 0 Å². The Bertz CT molecular complexity index is 1350. The average Bonchev–Trinajstić information content (AvgIpc) is 3.09. The van der Waals surface area contributed by atoms with Crippen LogP contribution in [0.4, 0.5) is 5.13 Å². The first kappa shape index (κ1) is 20.3. The molecule has 0 saturated carbocycles. The van der Waals surface area contributed by atoms with Gasteiger partial charge in [0.25, 0.3) is 5.91 Å². The summed E-state index contributed by atoms with van der Waals surface area (Å²) in [5, 5.41) is 3.21. The van der Waals surface area contributed by atoms with Gasteiger partial charge in [0.05, 0.1) is 25.7 Å². The highest BCUT2D eigenvalue weighted by Gasteiger charge is 2.17. The van der Waals surface area contributed by atoms with Crippen LogP contribution in [-0.4, -0.2) is 25.6 Å². The van der Waals surface area contributed by atoms with Crippen molar-refractivity contribution in [1.82, 2.24) is 4.98 Å². The van der Waals surface area contributed by atoms with Crippen LogP contribution in [0.5, 0.6) is 11.5 Å². The molecule has 0 saturated heterocycles. The number of amides is 1. The summed E-state index contributed by atoms with van der Waals surface area (Å²) in [7, 11) is -3.47. The molecule has 0 spiro atoms. The number of ether oxygens (including phenoxy) is 1. The maximum Gasteiger partial charge on any atom is 0.259 e. The Morgan fingerprint density at radius 2 is 1.80 bits per heavy atom. The summed E-state index contributed by atoms with van der Waals surface area (Å²) in [6.07, 6.45) is 1.07. The fourth-order valence-corrected chi connectivity index (χ4v) is 4.46. The van der Waals surface area contributed by atoms with Crippen molar-refractivity contribution < 1.29 is 17.9 Å². The lowest BCUT2D eigenvalue weighted by atomic mass is 10.2. The first-order valence-corrected chi connectivity index (χ1v) is 11.8. The van der Waals surface area contributed by atoms with Crippen LogP contribution in [0.2, 0.25) is 5.02 Å². The van der Waals surface area contributed by atoms with Crippen LogP contribution < -0.4 is 10.1 Å². The van der Waals surface area contributed by atoms with Gasteiger partial charge in [0.2, 0.25) is 0 Å². The third kappa shape index (κ3) is 4.46. The minimum Gasteiger partial charge on any atom is -0.457 e. The zero-order valence-electron chi connectivity index (χ0n) is 15.6. The molecule has 0 fully saturated rings. The van der Waals surface area contributed by atoms with E-state index >= 15 is 0 Å². The summed E-state index contributed by atoms with van der Waals surface area (Å²) in [6.45, 7) is 0. The van der Waals surface area contributed by atoms with Crippen molar-refractivity contribution in [3.05, 3.63) is 77.3 Å². The van der Waals surface area contributed by atoms with Gasteiger partial charge in [0, 0.05) is 12.3 Å². The number of nitrogens with one attached hydrogen (secondary N) is 1. The van der Waals surface area contributed by atoms with Gasteiger partial charge in [0.1, 0.15) is 11.5 Å². The Morgan fingerprint density at radius 3 is 2.53 bits per heavy atom. The average molecular weight is 459 g/mol. The second kappa shape index (κ2) is 8.06. The quantitative estimate of drug-likeness (QED) is 0.433. The normalized spacial score (nSPS) is 11.4. The zero-order valence-corrected chi connectivity index (χ0v) is 18.0. The molecule has 152 valence electrons. The molecule has 0 atom stereocenters. The van der Waals surface area contributed by atoms with Gasteiger partial charge >= 0.3 is 0 Å². The van der Waals surface area contributed by atoms with E-state index in [1.54, 1.807) is 12.1 Å². The number of carbonyl (C=O) groups is 1. The van der Waals surface area contributed by atoms with Crippen LogP contribution in [0.15, 0.2) is 71.6 Å². The molecule has 0 aliphatic rings. The molecular formula is C21H15ClN2O4S2. The number of sulfone groups is 1. The lowest BCUT2D eigenvalue weighted by Gasteiger charge is -2.06. The number of benzene rings is 3. The van der Waals surface area contributed by atoms with E-state index in [1.165, 1.54) is 29.5 Å². The van der Waals surface area contributed by atoms with Crippen molar-refractivity contribution in [2.45, 2.75) is 4.90 Å². The number of nitrogens with zero attached hydrogens (tertiary/aromatic N) is 1. The Morgan fingerprint density at radius 1 is 1.03 bits per heavy atom. The summed E-state index contributed by atoms with van der Waals surface area (Å²) >= 11 is 7.37. The molecule has 0 aliphatic heterocycles. The molecule has 0 radical (unpaired) electrons. The monoisotopic (exact) mass is 458 g/mol. The highest BCUT2D eigenvalue weighted by molar-refractivity contribution is 7.90. The lowest BCUT2D eigenvalue weighted by molar-refractivity contribution is 0.102. The molecular weight excluding hydrogens is 444 g/mol. The first-order valence-electron chi connectivity index (χ1n) is 8.74. The molecule has 0 aliphatic carbocycles. The first-order chi connectivity index (χ1) is 14.3. The number of halogens is 1. The number of carbonyl (C=O) groups excluding carboxylic acids is 1. The van der Waals surface area contributed by atoms with Crippen LogP contribution in [0.25, 0.3) is 10.2 Å². The Kier molecular flexibility index (Phi) is 5.46. The molecule has 1 aromatic heterocycles. The molecule has 3 aromatic carbocycles. The molecule has 30 heavy (non-hydrogen) atoms. The number of hydrogen-bond acceptors (Lipinski definition) is 6. The molecule has 0 unspecified atom stereocenters. The van der Waals surface area contributed by atoms with Crippen molar-refractivity contribution in [3.63, 3.8) is 0 Å². The molecule has 9 heteroatoms. The van der Waals surface area contributed by atoms with Gasteiger partial charge in [0.15, 0.2) is 15.0 Å². The van der Waals surface area contributed by atoms with E-state index in [2.05, 4.69) is 10.3 Å². The maximum absolute atomic E-state index is 12.7. The summed E-state index contributed by atoms with van der Waals surface area (Å²) in [5.41, 5.74) is 0.763. The maximum atomic E-state index is 12.7. The van der Waals surface area contributed by atoms with Crippen LogP contribution in [-0.2, 0) is 9.84 Å². The smallest absolute Gasteiger partial charge is 0.259 e. The van der Waals surface area contributed by atoms with Gasteiger partial charge in [-0.25, -0.2) is 13.4 Å². The second-order valence-corrected chi connectivity index (χ2v) is 9.89. The molecule has 1 N–H and O–H groups in total. The van der Waals surface area contributed by atoms with Gasteiger partial charge in [-0.3, -0.25) is 10.1 Å². The van der Waals surface area contributed by atoms with Gasteiger partial charge in [-0.1, -0.05) is 41.1 Å². The number of anilines is 1. The van der Waals surface area contributed by atoms with E-state index in [1.807, 2.05) is 36.4 Å². The van der Waals surface area contributed by atoms with Crippen molar-refractivity contribution in [3.8, 4) is 11.5 Å². The minimum atomic E-state index is -3.47. The largest absolute Gasteiger partial charge is 0.457 e. The van der Waals surface area contributed by atoms with E-state index in [0.717, 1.165) is 16.7 Å². The topological polar surface area (TPSA) is 85.4 Å². The fourth-order valence-electron chi connectivity index (χ4n) is 2.72. The van der Waals surface area contributed by atoms with Crippen molar-refractivity contribution >= 4 is 54.0 Å². The third-order valence-electron chi connectivity index (χ3n) is 4.17. The van der Waals surface area contributed by atoms with E-state index in [4.69, 9.17) is 16.3 Å². The summed E-state index contributed by atoms with van der Waals surface area (Å²) in [6, 6.07) is 18.8. The second-order valence-electron chi connectivity index (χ2n) is 6.43. The zero-order chi connectivity index (χ0) is 21.3. The number of rotatable bonds is 5. The number of hydrogen-bond donors (Lipinski definition) is 1. The van der Waals surface area contributed by atoms with Crippen LogP contribution >= 0.6 is 22.9 Å². The van der Waals surface area contributed by atoms with E-state index < -0.39 is 15.7 Å². The number of thiazole rings is 1. The predicted octanol–water partition coefficient (Wildman–Crippen LogP) is 5.40. The van der Waals surface area contributed by atoms with Gasteiger partial charge in [-0.2, -0.15) is 0 Å². The standard InChI is InChI=1S/C21H15ClN2O4S2/c1-30(26,27)15-8-9-17(22)16(12-15)20(25)24-21-23-18-10-7-14(11-19(18)29-21)28-13-5-3-2-4-6-13/h2-12H,1H3,(H,23,24,25). The molecule has 4 rings (SSSR count). The molecule has 1 heterocycles. The fraction of sp³-hybridized carbons (Fsp3) is 0.0476. The molecule has 4 aromatic rings. The highest BCUT2D eigenvalue weighted by Crippen LogP contribution is 2.32. The summed E-state index contributed by atoms with van der Waals surface area (Å²) in [5.74, 6) is 0.833. The molecule has 0 bridgehead atoms. The van der Waals surface area contributed by atoms with Crippen LogP contribution in [0, 0.1) is 0 Å². The van der Waals surface area contributed by atoms with Gasteiger partial charge < -0.3 is 4.74 Å². The SMILES string of the molecule is CS(=O)(=O)c1ccc(Cl)c(C(=O)Nc2nc3ccc(Oc4ccccc4)cc3s2)c1. The van der Waals surface area contributed by atoms with Gasteiger partial charge in [-0.05, 0) is 42.5 Å².